The second kappa shape index (κ2) is 5.22. The van der Waals surface area contributed by atoms with Gasteiger partial charge in [0.2, 0.25) is 0 Å². The van der Waals surface area contributed by atoms with Gasteiger partial charge in [-0.25, -0.2) is 9.50 Å². The number of nitrogens with zero attached hydrogens (tertiary/aromatic N) is 3. The Balaban J connectivity index is 2.28. The van der Waals surface area contributed by atoms with Crippen LogP contribution in [0.2, 0.25) is 0 Å². The van der Waals surface area contributed by atoms with Gasteiger partial charge in [-0.1, -0.05) is 0 Å². The van der Waals surface area contributed by atoms with Crippen molar-refractivity contribution >= 4 is 5.65 Å². The minimum Gasteiger partial charge on any atom is -0.233 e. The maximum Gasteiger partial charge on any atom is 0.416 e. The van der Waals surface area contributed by atoms with E-state index in [4.69, 9.17) is 0 Å². The number of benzene rings is 1. The first kappa shape index (κ1) is 16.3. The van der Waals surface area contributed by atoms with Crippen molar-refractivity contribution < 1.29 is 26.3 Å². The van der Waals surface area contributed by atoms with Gasteiger partial charge in [0.05, 0.1) is 17.3 Å². The van der Waals surface area contributed by atoms with Crippen molar-refractivity contribution in [1.29, 1.82) is 0 Å². The molecule has 0 aliphatic heterocycles. The Kier molecular flexibility index (Phi) is 3.54. The molecule has 1 aromatic carbocycles. The fraction of sp³-hybridized carbons (Fsp3) is 0.200. The highest BCUT2D eigenvalue weighted by Gasteiger charge is 2.37. The van der Waals surface area contributed by atoms with E-state index >= 15 is 0 Å². The first-order valence-corrected chi connectivity index (χ1v) is 6.66. The summed E-state index contributed by atoms with van der Waals surface area (Å²) in [5, 5.41) is 3.91. The third kappa shape index (κ3) is 2.93. The van der Waals surface area contributed by atoms with Gasteiger partial charge in [0.25, 0.3) is 0 Å². The highest BCUT2D eigenvalue weighted by atomic mass is 19.4. The molecule has 0 aliphatic rings. The smallest absolute Gasteiger partial charge is 0.233 e. The van der Waals surface area contributed by atoms with Gasteiger partial charge in [-0.05, 0) is 36.8 Å². The number of hydrogen-bond donors (Lipinski definition) is 0. The van der Waals surface area contributed by atoms with Crippen LogP contribution in [0.1, 0.15) is 16.8 Å². The molecule has 0 bridgehead atoms. The molecule has 0 fully saturated rings. The molecule has 0 saturated heterocycles. The van der Waals surface area contributed by atoms with E-state index in [9.17, 15) is 26.3 Å². The Labute approximate surface area is 131 Å². The fourth-order valence-electron chi connectivity index (χ4n) is 2.27. The van der Waals surface area contributed by atoms with Crippen LogP contribution in [0.4, 0.5) is 26.3 Å². The summed E-state index contributed by atoms with van der Waals surface area (Å²) in [6, 6.07) is 3.04. The van der Waals surface area contributed by atoms with Crippen LogP contribution in [0.3, 0.4) is 0 Å². The summed E-state index contributed by atoms with van der Waals surface area (Å²) in [6.07, 6.45) is -7.08. The van der Waals surface area contributed by atoms with E-state index in [1.54, 1.807) is 13.0 Å². The summed E-state index contributed by atoms with van der Waals surface area (Å²) < 4.78 is 79.0. The first-order valence-electron chi connectivity index (χ1n) is 6.66. The van der Waals surface area contributed by atoms with Crippen LogP contribution in [-0.4, -0.2) is 14.6 Å². The molecule has 0 amide bonds. The van der Waals surface area contributed by atoms with E-state index in [1.165, 1.54) is 16.9 Å². The Morgan fingerprint density at radius 2 is 1.50 bits per heavy atom. The molecule has 24 heavy (non-hydrogen) atoms. The lowest BCUT2D eigenvalue weighted by Crippen LogP contribution is -2.11. The quantitative estimate of drug-likeness (QED) is 0.596. The average molecular weight is 345 g/mol. The molecule has 0 atom stereocenters. The summed E-state index contributed by atoms with van der Waals surface area (Å²) in [5.41, 5.74) is -2.16. The normalized spacial score (nSPS) is 12.8. The zero-order chi connectivity index (χ0) is 17.7. The molecule has 0 radical (unpaired) electrons. The summed E-state index contributed by atoms with van der Waals surface area (Å²) in [6.45, 7) is 1.66. The third-order valence-corrected chi connectivity index (χ3v) is 3.41. The van der Waals surface area contributed by atoms with E-state index in [-0.39, 0.29) is 22.8 Å². The van der Waals surface area contributed by atoms with E-state index in [1.807, 2.05) is 0 Å². The van der Waals surface area contributed by atoms with Crippen molar-refractivity contribution in [3.63, 3.8) is 0 Å². The number of fused-ring (bicyclic) bond motifs is 1. The molecular weight excluding hydrogens is 336 g/mol. The summed E-state index contributed by atoms with van der Waals surface area (Å²) >= 11 is 0. The van der Waals surface area contributed by atoms with Gasteiger partial charge in [-0.15, -0.1) is 0 Å². The lowest BCUT2D eigenvalue weighted by atomic mass is 10.0. The molecule has 0 saturated carbocycles. The molecule has 3 rings (SSSR count). The second-order valence-electron chi connectivity index (χ2n) is 5.19. The van der Waals surface area contributed by atoms with Crippen molar-refractivity contribution in [3.8, 4) is 11.1 Å². The maximum atomic E-state index is 13.0. The monoisotopic (exact) mass is 345 g/mol. The second-order valence-corrected chi connectivity index (χ2v) is 5.19. The predicted octanol–water partition coefficient (Wildman–Crippen LogP) is 4.74. The van der Waals surface area contributed by atoms with E-state index < -0.39 is 23.5 Å². The predicted molar refractivity (Wildman–Crippen MR) is 73.2 cm³/mol. The lowest BCUT2D eigenvalue weighted by Gasteiger charge is -2.13. The molecule has 0 spiro atoms. The third-order valence-electron chi connectivity index (χ3n) is 3.41. The van der Waals surface area contributed by atoms with E-state index in [0.717, 1.165) is 0 Å². The zero-order valence-electron chi connectivity index (χ0n) is 12.1. The summed E-state index contributed by atoms with van der Waals surface area (Å²) in [7, 11) is 0. The van der Waals surface area contributed by atoms with Gasteiger partial charge in [0, 0.05) is 17.5 Å². The van der Waals surface area contributed by atoms with Gasteiger partial charge in [-0.3, -0.25) is 0 Å². The molecule has 0 aliphatic carbocycles. The van der Waals surface area contributed by atoms with Crippen molar-refractivity contribution in [1.82, 2.24) is 14.6 Å². The number of alkyl halides is 6. The van der Waals surface area contributed by atoms with E-state index in [0.29, 0.717) is 17.8 Å². The molecule has 2 heterocycles. The number of aromatic nitrogens is 3. The minimum atomic E-state index is -4.90. The maximum absolute atomic E-state index is 13.0. The number of halogens is 6. The molecule has 0 unspecified atom stereocenters. The highest BCUT2D eigenvalue weighted by molar-refractivity contribution is 5.78. The average Bonchev–Trinajstić information content (AvgIpc) is 2.88. The Morgan fingerprint density at radius 1 is 0.917 bits per heavy atom. The topological polar surface area (TPSA) is 30.2 Å². The largest absolute Gasteiger partial charge is 0.416 e. The van der Waals surface area contributed by atoms with Crippen molar-refractivity contribution in [3.05, 3.63) is 53.5 Å². The van der Waals surface area contributed by atoms with Crippen LogP contribution < -0.4 is 0 Å². The molecule has 3 aromatic rings. The van der Waals surface area contributed by atoms with Gasteiger partial charge in [-0.2, -0.15) is 31.4 Å². The van der Waals surface area contributed by atoms with Crippen molar-refractivity contribution in [2.24, 2.45) is 0 Å². The van der Waals surface area contributed by atoms with Gasteiger partial charge < -0.3 is 0 Å². The highest BCUT2D eigenvalue weighted by Crippen LogP contribution is 2.39. The minimum absolute atomic E-state index is 0.0912. The van der Waals surface area contributed by atoms with Crippen LogP contribution in [0.5, 0.6) is 0 Å². The van der Waals surface area contributed by atoms with Crippen LogP contribution in [0, 0.1) is 6.92 Å². The van der Waals surface area contributed by atoms with Crippen LogP contribution >= 0.6 is 0 Å². The molecule has 3 nitrogen and oxygen atoms in total. The Hall–Kier alpha value is -2.58. The lowest BCUT2D eigenvalue weighted by molar-refractivity contribution is -0.143. The SMILES string of the molecule is Cc1ccn2ncc(-c3cc(C(F)(F)F)cc(C(F)(F)F)c3)c2n1. The standard InChI is InChI=1S/C15H9F6N3/c1-8-2-3-24-13(23-8)12(7-22-24)9-4-10(14(16,17)18)6-11(5-9)15(19,20)21/h2-7H,1H3. The number of aryl methyl sites for hydroxylation is 1. The molecule has 2 aromatic heterocycles. The van der Waals surface area contributed by atoms with Gasteiger partial charge in [0.1, 0.15) is 0 Å². The zero-order valence-corrected chi connectivity index (χ0v) is 12.1. The van der Waals surface area contributed by atoms with E-state index in [2.05, 4.69) is 10.1 Å². The van der Waals surface area contributed by atoms with Gasteiger partial charge in [0.15, 0.2) is 5.65 Å². The Bertz CT molecular complexity index is 875. The van der Waals surface area contributed by atoms with Crippen LogP contribution in [0.15, 0.2) is 36.7 Å². The Morgan fingerprint density at radius 3 is 2.04 bits per heavy atom. The van der Waals surface area contributed by atoms with Crippen molar-refractivity contribution in [2.45, 2.75) is 19.3 Å². The van der Waals surface area contributed by atoms with Gasteiger partial charge >= 0.3 is 12.4 Å². The van der Waals surface area contributed by atoms with Crippen LogP contribution in [-0.2, 0) is 12.4 Å². The first-order chi connectivity index (χ1) is 11.1. The summed E-state index contributed by atoms with van der Waals surface area (Å²) in [5.74, 6) is 0. The molecular formula is C15H9F6N3. The number of rotatable bonds is 1. The molecule has 9 heteroatoms. The fourth-order valence-corrected chi connectivity index (χ4v) is 2.27. The van der Waals surface area contributed by atoms with Crippen molar-refractivity contribution in [2.75, 3.05) is 0 Å². The van der Waals surface area contributed by atoms with Crippen LogP contribution in [0.25, 0.3) is 16.8 Å². The summed E-state index contributed by atoms with van der Waals surface area (Å²) in [4.78, 5) is 4.13. The number of hydrogen-bond acceptors (Lipinski definition) is 2. The molecule has 0 N–H and O–H groups in total. The molecule has 126 valence electrons.